The number of benzene rings is 2. The van der Waals surface area contributed by atoms with Crippen LogP contribution in [0.5, 0.6) is 0 Å². The molecular weight excluding hydrogens is 492 g/mol. The molecule has 14 heteroatoms. The molecule has 0 bridgehead atoms. The largest absolute Gasteiger partial charge is 0.369 e. The number of azo groups is 1. The van der Waals surface area contributed by atoms with E-state index in [1.807, 2.05) is 0 Å². The monoisotopic (exact) mass is 516 g/mol. The third-order valence-corrected chi connectivity index (χ3v) is 9.79. The Morgan fingerprint density at radius 2 is 1.71 bits per heavy atom. The number of imidazole rings is 1. The highest BCUT2D eigenvalue weighted by molar-refractivity contribution is 7.94. The van der Waals surface area contributed by atoms with E-state index in [9.17, 15) is 16.8 Å². The van der Waals surface area contributed by atoms with Gasteiger partial charge in [0, 0.05) is 11.6 Å². The number of rotatable bonds is 5. The molecule has 2 aliphatic rings. The molecule has 35 heavy (non-hydrogen) atoms. The number of nitrogen functional groups attached to an aromatic ring is 1. The second kappa shape index (κ2) is 8.48. The Morgan fingerprint density at radius 3 is 2.37 bits per heavy atom. The first-order valence-electron chi connectivity index (χ1n) is 10.9. The highest BCUT2D eigenvalue weighted by atomic mass is 32.2. The number of aromatic nitrogens is 2. The molecule has 0 unspecified atom stereocenters. The summed E-state index contributed by atoms with van der Waals surface area (Å²) in [5.74, 6) is 0.153. The molecule has 0 atom stereocenters. The van der Waals surface area contributed by atoms with Gasteiger partial charge in [0.25, 0.3) is 0 Å². The van der Waals surface area contributed by atoms with Gasteiger partial charge in [0.05, 0.1) is 26.7 Å². The summed E-state index contributed by atoms with van der Waals surface area (Å²) in [6.45, 7) is -0.0180. The average Bonchev–Trinajstić information content (AvgIpc) is 3.46. The lowest BCUT2D eigenvalue weighted by molar-refractivity contribution is 0.433. The van der Waals surface area contributed by atoms with Crippen molar-refractivity contribution >= 4 is 42.7 Å². The lowest BCUT2D eigenvalue weighted by Crippen LogP contribution is -2.34. The van der Waals surface area contributed by atoms with Crippen LogP contribution in [0.15, 0.2) is 55.3 Å². The number of hydrogen-bond donors (Lipinski definition) is 4. The van der Waals surface area contributed by atoms with Crippen LogP contribution in [0.4, 0.5) is 5.95 Å². The first-order valence-corrected chi connectivity index (χ1v) is 14.0. The Kier molecular flexibility index (Phi) is 5.70. The van der Waals surface area contributed by atoms with Gasteiger partial charge >= 0.3 is 0 Å². The van der Waals surface area contributed by atoms with E-state index in [-0.39, 0.29) is 35.0 Å². The summed E-state index contributed by atoms with van der Waals surface area (Å²) in [5, 5.41) is 12.7. The number of fused-ring (bicyclic) bond motifs is 1. The fourth-order valence-electron chi connectivity index (χ4n) is 4.72. The van der Waals surface area contributed by atoms with Crippen LogP contribution >= 0.6 is 0 Å². The molecule has 1 aromatic heterocycles. The molecular formula is C21H24N8O4S2. The SMILES string of the molecule is Nc1nc2c(-c3ccc(S(=O)(=O)C4CCC(N)CC4)c(S(N)(=O)=O)c3C3=NCN=N3)cccc2[nH]1. The van der Waals surface area contributed by atoms with E-state index >= 15 is 0 Å². The highest BCUT2D eigenvalue weighted by Crippen LogP contribution is 2.39. The maximum absolute atomic E-state index is 13.7. The summed E-state index contributed by atoms with van der Waals surface area (Å²) in [7, 11) is -8.62. The quantitative estimate of drug-likeness (QED) is 0.393. The number of nitrogens with zero attached hydrogens (tertiary/aromatic N) is 4. The maximum atomic E-state index is 13.7. The smallest absolute Gasteiger partial charge is 0.240 e. The molecule has 2 heterocycles. The van der Waals surface area contributed by atoms with Gasteiger partial charge in [-0.15, -0.1) is 5.11 Å². The van der Waals surface area contributed by atoms with E-state index in [2.05, 4.69) is 25.2 Å². The molecule has 7 N–H and O–H groups in total. The Labute approximate surface area is 201 Å². The van der Waals surface area contributed by atoms with Gasteiger partial charge in [-0.1, -0.05) is 18.2 Å². The van der Waals surface area contributed by atoms with E-state index in [0.717, 1.165) is 0 Å². The van der Waals surface area contributed by atoms with Crippen LogP contribution < -0.4 is 16.6 Å². The van der Waals surface area contributed by atoms with Crippen molar-refractivity contribution < 1.29 is 16.8 Å². The molecule has 0 spiro atoms. The summed E-state index contributed by atoms with van der Waals surface area (Å²) < 4.78 is 53.4. The van der Waals surface area contributed by atoms with E-state index in [1.54, 1.807) is 18.2 Å². The van der Waals surface area contributed by atoms with Gasteiger partial charge in [-0.25, -0.2) is 32.0 Å². The van der Waals surface area contributed by atoms with E-state index in [1.165, 1.54) is 12.1 Å². The minimum atomic E-state index is -4.55. The summed E-state index contributed by atoms with van der Waals surface area (Å²) >= 11 is 0. The molecule has 3 aromatic rings. The Morgan fingerprint density at radius 1 is 0.971 bits per heavy atom. The highest BCUT2D eigenvalue weighted by Gasteiger charge is 2.38. The molecule has 12 nitrogen and oxygen atoms in total. The number of sulfone groups is 1. The van der Waals surface area contributed by atoms with Crippen molar-refractivity contribution in [1.29, 1.82) is 0 Å². The van der Waals surface area contributed by atoms with Crippen LogP contribution in [0.3, 0.4) is 0 Å². The normalized spacial score (nSPS) is 20.9. The van der Waals surface area contributed by atoms with Crippen LogP contribution in [0.1, 0.15) is 31.2 Å². The number of primary sulfonamides is 1. The van der Waals surface area contributed by atoms with Gasteiger partial charge in [-0.05, 0) is 43.4 Å². The minimum absolute atomic E-state index is 0.0180. The molecule has 5 rings (SSSR count). The van der Waals surface area contributed by atoms with E-state index < -0.39 is 30.0 Å². The second-order valence-corrected chi connectivity index (χ2v) is 12.3. The number of para-hydroxylation sites is 1. The molecule has 0 amide bonds. The van der Waals surface area contributed by atoms with Crippen LogP contribution in [0.2, 0.25) is 0 Å². The number of nitrogens with two attached hydrogens (primary N) is 3. The van der Waals surface area contributed by atoms with Gasteiger partial charge in [0.2, 0.25) is 10.0 Å². The zero-order valence-electron chi connectivity index (χ0n) is 18.5. The van der Waals surface area contributed by atoms with E-state index in [4.69, 9.17) is 16.6 Å². The zero-order valence-corrected chi connectivity index (χ0v) is 20.2. The lowest BCUT2D eigenvalue weighted by Gasteiger charge is -2.27. The summed E-state index contributed by atoms with van der Waals surface area (Å²) in [4.78, 5) is 10.5. The lowest BCUT2D eigenvalue weighted by atomic mass is 9.96. The Hall–Kier alpha value is -3.20. The van der Waals surface area contributed by atoms with Crippen molar-refractivity contribution in [2.75, 3.05) is 12.4 Å². The van der Waals surface area contributed by atoms with Crippen molar-refractivity contribution in [3.8, 4) is 11.1 Å². The number of aromatic amines is 1. The van der Waals surface area contributed by atoms with Crippen molar-refractivity contribution in [1.82, 2.24) is 9.97 Å². The number of aliphatic imine (C=N–C) groups is 1. The van der Waals surface area contributed by atoms with E-state index in [0.29, 0.717) is 47.8 Å². The number of hydrogen-bond acceptors (Lipinski definition) is 10. The summed E-state index contributed by atoms with van der Waals surface area (Å²) in [5.41, 5.74) is 13.7. The van der Waals surface area contributed by atoms with Crippen LogP contribution in [0.25, 0.3) is 22.2 Å². The standard InChI is InChI=1S/C21H24N8O4S2/c22-11-4-6-12(7-5-11)34(30,31)16-9-8-13(14-2-1-3-15-18(14)28-21(23)27-15)17(19(16)35(24,32)33)20-25-10-26-29-20/h1-3,8-9,11-12H,4-7,10,22H2,(H3,23,27,28)(H2,24,32,33). The van der Waals surface area contributed by atoms with Crippen LogP contribution in [0, 0.1) is 0 Å². The van der Waals surface area contributed by atoms with Crippen molar-refractivity contribution in [2.24, 2.45) is 26.1 Å². The third kappa shape index (κ3) is 4.11. The number of sulfonamides is 1. The molecule has 0 saturated heterocycles. The Balaban J connectivity index is 1.82. The molecule has 184 valence electrons. The number of nitrogens with one attached hydrogen (secondary N) is 1. The third-order valence-electron chi connectivity index (χ3n) is 6.36. The predicted molar refractivity (Wildman–Crippen MR) is 131 cm³/mol. The number of H-pyrrole nitrogens is 1. The minimum Gasteiger partial charge on any atom is -0.369 e. The number of anilines is 1. The molecule has 1 aliphatic carbocycles. The average molecular weight is 517 g/mol. The Bertz CT molecular complexity index is 1600. The van der Waals surface area contributed by atoms with Crippen molar-refractivity contribution in [3.63, 3.8) is 0 Å². The fourth-order valence-corrected chi connectivity index (χ4v) is 8.12. The molecule has 1 fully saturated rings. The molecule has 1 aliphatic heterocycles. The van der Waals surface area contributed by atoms with Gasteiger partial charge in [0.15, 0.2) is 28.3 Å². The van der Waals surface area contributed by atoms with Crippen molar-refractivity contribution in [3.05, 3.63) is 35.9 Å². The molecule has 0 radical (unpaired) electrons. The first kappa shape index (κ1) is 23.5. The van der Waals surface area contributed by atoms with Crippen LogP contribution in [-0.4, -0.2) is 50.6 Å². The summed E-state index contributed by atoms with van der Waals surface area (Å²) in [6.07, 6.45) is 1.72. The topological polar surface area (TPSA) is 212 Å². The fraction of sp³-hybridized carbons (Fsp3) is 0.333. The van der Waals surface area contributed by atoms with Gasteiger partial charge in [0.1, 0.15) is 4.90 Å². The zero-order chi connectivity index (χ0) is 25.0. The van der Waals surface area contributed by atoms with Gasteiger partial charge < -0.3 is 16.5 Å². The molecule has 2 aromatic carbocycles. The first-order chi connectivity index (χ1) is 16.6. The van der Waals surface area contributed by atoms with Crippen LogP contribution in [-0.2, 0) is 19.9 Å². The van der Waals surface area contributed by atoms with Gasteiger partial charge in [-0.2, -0.15) is 5.11 Å². The second-order valence-electron chi connectivity index (χ2n) is 8.63. The van der Waals surface area contributed by atoms with Gasteiger partial charge in [-0.3, -0.25) is 0 Å². The maximum Gasteiger partial charge on any atom is 0.240 e. The summed E-state index contributed by atoms with van der Waals surface area (Å²) in [6, 6.07) is 7.96. The predicted octanol–water partition coefficient (Wildman–Crippen LogP) is 1.67. The number of amidine groups is 1. The van der Waals surface area contributed by atoms with Crippen molar-refractivity contribution in [2.45, 2.75) is 46.8 Å². The molecule has 1 saturated carbocycles.